The largest absolute Gasteiger partial charge is 0.331 e. The molecule has 2 aromatic rings. The molecule has 98 valence electrons. The van der Waals surface area contributed by atoms with Crippen LogP contribution in [0.1, 0.15) is 11.1 Å². The van der Waals surface area contributed by atoms with E-state index in [0.29, 0.717) is 5.11 Å². The molecule has 0 saturated heterocycles. The zero-order valence-electron chi connectivity index (χ0n) is 11.0. The summed E-state index contributed by atoms with van der Waals surface area (Å²) in [6.07, 6.45) is 0. The predicted octanol–water partition coefficient (Wildman–Crippen LogP) is 3.62. The van der Waals surface area contributed by atoms with Crippen molar-refractivity contribution in [3.05, 3.63) is 59.7 Å². The first-order valence-corrected chi connectivity index (χ1v) is 6.51. The second-order valence-corrected chi connectivity index (χ2v) is 4.80. The highest BCUT2D eigenvalue weighted by molar-refractivity contribution is 7.80. The van der Waals surface area contributed by atoms with Gasteiger partial charge < -0.3 is 5.32 Å². The van der Waals surface area contributed by atoms with Crippen molar-refractivity contribution in [3.8, 4) is 0 Å². The van der Waals surface area contributed by atoms with Crippen LogP contribution in [0.15, 0.2) is 48.5 Å². The Morgan fingerprint density at radius 3 is 2.53 bits per heavy atom. The zero-order valence-corrected chi connectivity index (χ0v) is 11.8. The smallest absolute Gasteiger partial charge is 0.189 e. The van der Waals surface area contributed by atoms with E-state index >= 15 is 0 Å². The van der Waals surface area contributed by atoms with Crippen molar-refractivity contribution in [1.82, 2.24) is 5.43 Å². The summed E-state index contributed by atoms with van der Waals surface area (Å²) in [5.74, 6) is 0. The average Bonchev–Trinajstić information content (AvgIpc) is 2.38. The van der Waals surface area contributed by atoms with E-state index in [1.54, 1.807) is 0 Å². The van der Waals surface area contributed by atoms with Crippen molar-refractivity contribution in [2.75, 3.05) is 10.7 Å². The lowest BCUT2D eigenvalue weighted by Crippen LogP contribution is -2.33. The third-order valence-electron chi connectivity index (χ3n) is 2.73. The predicted molar refractivity (Wildman–Crippen MR) is 85.3 cm³/mol. The van der Waals surface area contributed by atoms with Crippen molar-refractivity contribution in [2.45, 2.75) is 13.8 Å². The van der Waals surface area contributed by atoms with Crippen molar-refractivity contribution >= 4 is 28.7 Å². The van der Waals surface area contributed by atoms with E-state index in [-0.39, 0.29) is 0 Å². The van der Waals surface area contributed by atoms with Crippen LogP contribution < -0.4 is 16.2 Å². The zero-order chi connectivity index (χ0) is 13.7. The third-order valence-corrected chi connectivity index (χ3v) is 2.94. The van der Waals surface area contributed by atoms with Crippen molar-refractivity contribution in [1.29, 1.82) is 0 Å². The summed E-state index contributed by atoms with van der Waals surface area (Å²) in [5.41, 5.74) is 10.4. The van der Waals surface area contributed by atoms with Crippen LogP contribution in [0, 0.1) is 13.8 Å². The van der Waals surface area contributed by atoms with Crippen LogP contribution >= 0.6 is 12.2 Å². The Hall–Kier alpha value is -2.07. The number of thiocarbonyl (C=S) groups is 1. The van der Waals surface area contributed by atoms with Gasteiger partial charge in [0.15, 0.2) is 5.11 Å². The van der Waals surface area contributed by atoms with E-state index in [9.17, 15) is 0 Å². The summed E-state index contributed by atoms with van der Waals surface area (Å²) in [4.78, 5) is 0. The molecule has 0 aliphatic carbocycles. The summed E-state index contributed by atoms with van der Waals surface area (Å²) < 4.78 is 0. The topological polar surface area (TPSA) is 36.1 Å². The fourth-order valence-corrected chi connectivity index (χ4v) is 1.89. The van der Waals surface area contributed by atoms with Gasteiger partial charge in [-0.2, -0.15) is 0 Å². The molecule has 0 bridgehead atoms. The molecular formula is C15H17N3S. The minimum absolute atomic E-state index is 0.536. The number of aryl methyl sites for hydroxylation is 2. The Kier molecular flexibility index (Phi) is 4.36. The summed E-state index contributed by atoms with van der Waals surface area (Å²) in [6, 6.07) is 16.1. The number of nitrogens with one attached hydrogen (secondary N) is 3. The first kappa shape index (κ1) is 13.4. The van der Waals surface area contributed by atoms with Gasteiger partial charge in [-0.25, -0.2) is 0 Å². The highest BCUT2D eigenvalue weighted by Crippen LogP contribution is 2.12. The van der Waals surface area contributed by atoms with Gasteiger partial charge in [-0.15, -0.1) is 0 Å². The van der Waals surface area contributed by atoms with E-state index in [4.69, 9.17) is 12.2 Å². The molecule has 0 atom stereocenters. The van der Waals surface area contributed by atoms with Crippen LogP contribution in [0.5, 0.6) is 0 Å². The molecule has 3 N–H and O–H groups in total. The Morgan fingerprint density at radius 2 is 1.79 bits per heavy atom. The van der Waals surface area contributed by atoms with Gasteiger partial charge in [-0.3, -0.25) is 10.9 Å². The lowest BCUT2D eigenvalue weighted by Gasteiger charge is -2.14. The molecule has 0 spiro atoms. The maximum Gasteiger partial charge on any atom is 0.189 e. The van der Waals surface area contributed by atoms with E-state index < -0.39 is 0 Å². The van der Waals surface area contributed by atoms with Gasteiger partial charge in [0.05, 0.1) is 5.69 Å². The van der Waals surface area contributed by atoms with Gasteiger partial charge in [0, 0.05) is 5.69 Å². The molecule has 19 heavy (non-hydrogen) atoms. The molecule has 0 saturated carbocycles. The maximum atomic E-state index is 5.24. The highest BCUT2D eigenvalue weighted by atomic mass is 32.1. The van der Waals surface area contributed by atoms with Crippen LogP contribution in [-0.4, -0.2) is 5.11 Å². The number of hydrazine groups is 1. The first-order chi connectivity index (χ1) is 9.15. The van der Waals surface area contributed by atoms with E-state index in [1.807, 2.05) is 62.4 Å². The molecule has 4 heteroatoms. The monoisotopic (exact) mass is 271 g/mol. The molecular weight excluding hydrogens is 254 g/mol. The Labute approximate surface area is 119 Å². The molecule has 0 aliphatic heterocycles. The lowest BCUT2D eigenvalue weighted by molar-refractivity contribution is 1.13. The first-order valence-electron chi connectivity index (χ1n) is 6.10. The number of hydrogen-bond acceptors (Lipinski definition) is 2. The molecule has 0 aliphatic rings. The number of anilines is 2. The van der Waals surface area contributed by atoms with Crippen LogP contribution in [0.2, 0.25) is 0 Å². The fraction of sp³-hybridized carbons (Fsp3) is 0.133. The summed E-state index contributed by atoms with van der Waals surface area (Å²) in [5, 5.41) is 3.67. The van der Waals surface area contributed by atoms with E-state index in [0.717, 1.165) is 16.9 Å². The van der Waals surface area contributed by atoms with Crippen molar-refractivity contribution in [2.24, 2.45) is 0 Å². The van der Waals surface area contributed by atoms with Gasteiger partial charge in [-0.1, -0.05) is 30.3 Å². The quantitative estimate of drug-likeness (QED) is 0.588. The number of rotatable bonds is 3. The lowest BCUT2D eigenvalue weighted by atomic mass is 10.2. The molecule has 0 heterocycles. The summed E-state index contributed by atoms with van der Waals surface area (Å²) in [6.45, 7) is 4.09. The van der Waals surface area contributed by atoms with E-state index in [1.165, 1.54) is 5.56 Å². The van der Waals surface area contributed by atoms with Crippen LogP contribution in [0.25, 0.3) is 0 Å². The number of benzene rings is 2. The molecule has 0 fully saturated rings. The van der Waals surface area contributed by atoms with E-state index in [2.05, 4.69) is 16.2 Å². The Bertz CT molecular complexity index is 581. The Balaban J connectivity index is 1.90. The summed E-state index contributed by atoms with van der Waals surface area (Å²) in [7, 11) is 0. The highest BCUT2D eigenvalue weighted by Gasteiger charge is 1.99. The fourth-order valence-electron chi connectivity index (χ4n) is 1.72. The van der Waals surface area contributed by atoms with Gasteiger partial charge >= 0.3 is 0 Å². The molecule has 0 aromatic heterocycles. The standard InChI is InChI=1S/C15H17N3S/c1-11-6-5-8-13(10-11)16-15(19)18-17-14-9-4-3-7-12(14)2/h3-10,17H,1-2H3,(H2,16,18,19). The average molecular weight is 271 g/mol. The maximum absolute atomic E-state index is 5.24. The molecule has 2 aromatic carbocycles. The van der Waals surface area contributed by atoms with Gasteiger partial charge in [0.1, 0.15) is 0 Å². The molecule has 0 unspecified atom stereocenters. The van der Waals surface area contributed by atoms with Gasteiger partial charge in [-0.05, 0) is 55.4 Å². The second kappa shape index (κ2) is 6.20. The number of hydrogen-bond donors (Lipinski definition) is 3. The van der Waals surface area contributed by atoms with Crippen molar-refractivity contribution in [3.63, 3.8) is 0 Å². The van der Waals surface area contributed by atoms with Crippen LogP contribution in [0.3, 0.4) is 0 Å². The second-order valence-electron chi connectivity index (χ2n) is 4.39. The molecule has 0 radical (unpaired) electrons. The minimum atomic E-state index is 0.536. The normalized spacial score (nSPS) is 9.79. The Morgan fingerprint density at radius 1 is 1.00 bits per heavy atom. The van der Waals surface area contributed by atoms with Crippen LogP contribution in [-0.2, 0) is 0 Å². The third kappa shape index (κ3) is 3.96. The van der Waals surface area contributed by atoms with Crippen LogP contribution in [0.4, 0.5) is 11.4 Å². The summed E-state index contributed by atoms with van der Waals surface area (Å²) >= 11 is 5.24. The molecule has 2 rings (SSSR count). The molecule has 0 amide bonds. The van der Waals surface area contributed by atoms with Gasteiger partial charge in [0.25, 0.3) is 0 Å². The minimum Gasteiger partial charge on any atom is -0.331 e. The molecule has 3 nitrogen and oxygen atoms in total. The van der Waals surface area contributed by atoms with Crippen molar-refractivity contribution < 1.29 is 0 Å². The SMILES string of the molecule is Cc1cccc(NC(=S)NNc2ccccc2C)c1. The number of para-hydroxylation sites is 1. The van der Waals surface area contributed by atoms with Gasteiger partial charge in [0.2, 0.25) is 0 Å².